The highest BCUT2D eigenvalue weighted by Gasteiger charge is 2.09. The molecule has 104 valence electrons. The SMILES string of the molecule is O=C(O)c1cccc(CNCc2ccc([N+](=O)[O-])s2)c1. The van der Waals surface area contributed by atoms with Gasteiger partial charge >= 0.3 is 11.0 Å². The first-order valence-electron chi connectivity index (χ1n) is 5.82. The number of benzene rings is 1. The molecule has 0 spiro atoms. The fourth-order valence-corrected chi connectivity index (χ4v) is 2.49. The van der Waals surface area contributed by atoms with Crippen LogP contribution in [-0.4, -0.2) is 16.0 Å². The van der Waals surface area contributed by atoms with Crippen LogP contribution in [0.1, 0.15) is 20.8 Å². The molecule has 20 heavy (non-hydrogen) atoms. The van der Waals surface area contributed by atoms with Crippen LogP contribution in [-0.2, 0) is 13.1 Å². The van der Waals surface area contributed by atoms with Crippen LogP contribution in [0, 0.1) is 10.1 Å². The Kier molecular flexibility index (Phi) is 4.44. The van der Waals surface area contributed by atoms with Gasteiger partial charge in [-0.1, -0.05) is 23.5 Å². The van der Waals surface area contributed by atoms with Crippen molar-refractivity contribution < 1.29 is 14.8 Å². The van der Waals surface area contributed by atoms with Gasteiger partial charge in [0.1, 0.15) is 0 Å². The largest absolute Gasteiger partial charge is 0.478 e. The molecule has 0 atom stereocenters. The Labute approximate surface area is 118 Å². The molecular formula is C13H12N2O4S. The Hall–Kier alpha value is -2.25. The summed E-state index contributed by atoms with van der Waals surface area (Å²) in [6.07, 6.45) is 0. The van der Waals surface area contributed by atoms with Crippen LogP contribution in [0.4, 0.5) is 5.00 Å². The summed E-state index contributed by atoms with van der Waals surface area (Å²) in [4.78, 5) is 21.8. The zero-order valence-corrected chi connectivity index (χ0v) is 11.2. The Morgan fingerprint density at radius 1 is 1.30 bits per heavy atom. The molecule has 0 aliphatic heterocycles. The van der Waals surface area contributed by atoms with E-state index in [1.165, 1.54) is 12.1 Å². The smallest absolute Gasteiger partial charge is 0.335 e. The van der Waals surface area contributed by atoms with E-state index in [1.807, 2.05) is 6.07 Å². The average molecular weight is 292 g/mol. The van der Waals surface area contributed by atoms with Crippen LogP contribution in [0.3, 0.4) is 0 Å². The van der Waals surface area contributed by atoms with Gasteiger partial charge in [-0.25, -0.2) is 4.79 Å². The number of nitro groups is 1. The van der Waals surface area contributed by atoms with Gasteiger partial charge in [-0.05, 0) is 23.8 Å². The van der Waals surface area contributed by atoms with Gasteiger partial charge in [0.05, 0.1) is 10.5 Å². The maximum absolute atomic E-state index is 10.8. The number of rotatable bonds is 6. The van der Waals surface area contributed by atoms with Crippen LogP contribution >= 0.6 is 11.3 Å². The van der Waals surface area contributed by atoms with Crippen molar-refractivity contribution in [1.29, 1.82) is 0 Å². The molecule has 0 saturated carbocycles. The molecule has 1 aromatic carbocycles. The second kappa shape index (κ2) is 6.27. The Morgan fingerprint density at radius 3 is 2.75 bits per heavy atom. The first-order valence-corrected chi connectivity index (χ1v) is 6.64. The number of nitrogens with one attached hydrogen (secondary N) is 1. The van der Waals surface area contributed by atoms with Crippen LogP contribution in [0.25, 0.3) is 0 Å². The topological polar surface area (TPSA) is 92.5 Å². The zero-order valence-electron chi connectivity index (χ0n) is 10.4. The van der Waals surface area contributed by atoms with Gasteiger partial charge in [0.2, 0.25) is 0 Å². The minimum absolute atomic E-state index is 0.120. The third-order valence-corrected chi connectivity index (χ3v) is 3.67. The molecule has 0 saturated heterocycles. The summed E-state index contributed by atoms with van der Waals surface area (Å²) in [5.41, 5.74) is 1.10. The van der Waals surface area contributed by atoms with E-state index in [9.17, 15) is 14.9 Å². The van der Waals surface area contributed by atoms with E-state index in [0.29, 0.717) is 13.1 Å². The first kappa shape index (κ1) is 14.2. The normalized spacial score (nSPS) is 10.4. The first-order chi connectivity index (χ1) is 9.56. The predicted octanol–water partition coefficient (Wildman–Crippen LogP) is 2.64. The van der Waals surface area contributed by atoms with E-state index in [2.05, 4.69) is 5.32 Å². The van der Waals surface area contributed by atoms with Crippen molar-refractivity contribution in [3.63, 3.8) is 0 Å². The molecular weight excluding hydrogens is 280 g/mol. The van der Waals surface area contributed by atoms with Crippen molar-refractivity contribution in [2.75, 3.05) is 0 Å². The van der Waals surface area contributed by atoms with Crippen LogP contribution in [0.5, 0.6) is 0 Å². The standard InChI is InChI=1S/C13H12N2O4S/c16-13(17)10-3-1-2-9(6-10)7-14-8-11-4-5-12(20-11)15(18)19/h1-6,14H,7-8H2,(H,16,17). The number of hydrogen-bond donors (Lipinski definition) is 2. The van der Waals surface area contributed by atoms with E-state index in [4.69, 9.17) is 5.11 Å². The lowest BCUT2D eigenvalue weighted by Gasteiger charge is -2.04. The van der Waals surface area contributed by atoms with E-state index in [1.54, 1.807) is 18.2 Å². The molecule has 2 N–H and O–H groups in total. The molecule has 0 aliphatic rings. The number of carbonyl (C=O) groups is 1. The quantitative estimate of drug-likeness (QED) is 0.630. The van der Waals surface area contributed by atoms with E-state index >= 15 is 0 Å². The third kappa shape index (κ3) is 3.62. The van der Waals surface area contributed by atoms with Crippen molar-refractivity contribution in [2.45, 2.75) is 13.1 Å². The van der Waals surface area contributed by atoms with E-state index in [-0.39, 0.29) is 10.6 Å². The zero-order chi connectivity index (χ0) is 14.5. The highest BCUT2D eigenvalue weighted by molar-refractivity contribution is 7.15. The molecule has 0 amide bonds. The average Bonchev–Trinajstić information content (AvgIpc) is 2.88. The van der Waals surface area contributed by atoms with Crippen molar-refractivity contribution >= 4 is 22.3 Å². The fraction of sp³-hybridized carbons (Fsp3) is 0.154. The van der Waals surface area contributed by atoms with Gasteiger partial charge in [-0.3, -0.25) is 10.1 Å². The molecule has 2 rings (SSSR count). The number of nitrogens with zero attached hydrogens (tertiary/aromatic N) is 1. The second-order valence-corrected chi connectivity index (χ2v) is 5.25. The Morgan fingerprint density at radius 2 is 2.10 bits per heavy atom. The lowest BCUT2D eigenvalue weighted by Crippen LogP contribution is -2.12. The maximum Gasteiger partial charge on any atom is 0.335 e. The van der Waals surface area contributed by atoms with Gasteiger partial charge < -0.3 is 10.4 Å². The minimum atomic E-state index is -0.958. The second-order valence-electron chi connectivity index (χ2n) is 4.11. The molecule has 1 heterocycles. The highest BCUT2D eigenvalue weighted by Crippen LogP contribution is 2.23. The van der Waals surface area contributed by atoms with E-state index in [0.717, 1.165) is 21.8 Å². The predicted molar refractivity (Wildman–Crippen MR) is 74.9 cm³/mol. The molecule has 0 fully saturated rings. The molecule has 6 nitrogen and oxygen atoms in total. The Bertz CT molecular complexity index is 639. The maximum atomic E-state index is 10.8. The van der Waals surface area contributed by atoms with Gasteiger partial charge in [0.15, 0.2) is 0 Å². The number of hydrogen-bond acceptors (Lipinski definition) is 5. The Balaban J connectivity index is 1.90. The molecule has 2 aromatic rings. The van der Waals surface area contributed by atoms with Crippen molar-refractivity contribution in [2.24, 2.45) is 0 Å². The minimum Gasteiger partial charge on any atom is -0.478 e. The van der Waals surface area contributed by atoms with Gasteiger partial charge in [0.25, 0.3) is 0 Å². The number of carboxylic acid groups (broad SMARTS) is 1. The summed E-state index contributed by atoms with van der Waals surface area (Å²) in [6, 6.07) is 9.85. The number of aromatic carboxylic acids is 1. The summed E-state index contributed by atoms with van der Waals surface area (Å²) in [5.74, 6) is -0.958. The van der Waals surface area contributed by atoms with Crippen molar-refractivity contribution in [3.8, 4) is 0 Å². The molecule has 0 radical (unpaired) electrons. The van der Waals surface area contributed by atoms with Crippen molar-refractivity contribution in [3.05, 3.63) is 62.5 Å². The summed E-state index contributed by atoms with van der Waals surface area (Å²) in [7, 11) is 0. The van der Waals surface area contributed by atoms with Crippen LogP contribution in [0.2, 0.25) is 0 Å². The highest BCUT2D eigenvalue weighted by atomic mass is 32.1. The third-order valence-electron chi connectivity index (χ3n) is 2.63. The molecule has 0 aliphatic carbocycles. The van der Waals surface area contributed by atoms with Gasteiger partial charge in [-0.15, -0.1) is 0 Å². The summed E-state index contributed by atoms with van der Waals surface area (Å²) in [6.45, 7) is 1.02. The van der Waals surface area contributed by atoms with E-state index < -0.39 is 10.9 Å². The summed E-state index contributed by atoms with van der Waals surface area (Å²) < 4.78 is 0. The van der Waals surface area contributed by atoms with Crippen LogP contribution < -0.4 is 5.32 Å². The fourth-order valence-electron chi connectivity index (χ4n) is 1.70. The molecule has 1 aromatic heterocycles. The van der Waals surface area contributed by atoms with Crippen LogP contribution in [0.15, 0.2) is 36.4 Å². The molecule has 7 heteroatoms. The summed E-state index contributed by atoms with van der Waals surface area (Å²) in [5, 5.41) is 22.7. The van der Waals surface area contributed by atoms with Gasteiger partial charge in [0, 0.05) is 24.0 Å². The molecule has 0 unspecified atom stereocenters. The van der Waals surface area contributed by atoms with Crippen molar-refractivity contribution in [1.82, 2.24) is 5.32 Å². The number of thiophene rings is 1. The lowest BCUT2D eigenvalue weighted by atomic mass is 10.1. The molecule has 0 bridgehead atoms. The number of carboxylic acids is 1. The summed E-state index contributed by atoms with van der Waals surface area (Å²) >= 11 is 1.13. The van der Waals surface area contributed by atoms with Gasteiger partial charge in [-0.2, -0.15) is 0 Å². The lowest BCUT2D eigenvalue weighted by molar-refractivity contribution is -0.380. The monoisotopic (exact) mass is 292 g/mol.